The van der Waals surface area contributed by atoms with Crippen molar-refractivity contribution in [2.75, 3.05) is 0 Å². The zero-order valence-corrected chi connectivity index (χ0v) is 14.1. The molecule has 2 aromatic carbocycles. The first kappa shape index (κ1) is 14.2. The van der Waals surface area contributed by atoms with Gasteiger partial charge in [0.1, 0.15) is 4.83 Å². The fourth-order valence-corrected chi connectivity index (χ4v) is 4.43. The molecule has 3 heterocycles. The Balaban J connectivity index is 1.89. The molecule has 0 fully saturated rings. The van der Waals surface area contributed by atoms with E-state index in [1.54, 1.807) is 6.07 Å². The van der Waals surface area contributed by atoms with Crippen LogP contribution in [0.2, 0.25) is 0 Å². The van der Waals surface area contributed by atoms with E-state index in [4.69, 9.17) is 0 Å². The largest absolute Gasteiger partial charge is 0.351 e. The SMILES string of the molecule is Cn1ccc2cc(-n3c(=O)[nH]c4sc5ccccc5c4c3=O)ccc21. The second kappa shape index (κ2) is 4.94. The van der Waals surface area contributed by atoms with Gasteiger partial charge >= 0.3 is 5.69 Å². The highest BCUT2D eigenvalue weighted by atomic mass is 32.1. The zero-order valence-electron chi connectivity index (χ0n) is 13.3. The van der Waals surface area contributed by atoms with Gasteiger partial charge in [0.25, 0.3) is 5.56 Å². The number of aryl methyl sites for hydroxylation is 1. The van der Waals surface area contributed by atoms with Crippen LogP contribution in [0.25, 0.3) is 36.9 Å². The Kier molecular flexibility index (Phi) is 2.81. The summed E-state index contributed by atoms with van der Waals surface area (Å²) in [4.78, 5) is 29.2. The number of nitrogens with zero attached hydrogens (tertiary/aromatic N) is 2. The summed E-state index contributed by atoms with van der Waals surface area (Å²) >= 11 is 1.43. The normalized spacial score (nSPS) is 11.7. The Morgan fingerprint density at radius 2 is 1.88 bits per heavy atom. The van der Waals surface area contributed by atoms with Crippen molar-refractivity contribution in [3.63, 3.8) is 0 Å². The third kappa shape index (κ3) is 1.94. The lowest BCUT2D eigenvalue weighted by molar-refractivity contribution is 0.906. The smallest absolute Gasteiger partial charge is 0.334 e. The van der Waals surface area contributed by atoms with E-state index in [1.807, 2.05) is 60.3 Å². The number of hydrogen-bond acceptors (Lipinski definition) is 3. The zero-order chi connectivity index (χ0) is 17.1. The molecule has 3 aromatic heterocycles. The van der Waals surface area contributed by atoms with Crippen molar-refractivity contribution >= 4 is 42.5 Å². The quantitative estimate of drug-likeness (QED) is 0.505. The number of thiophene rings is 1. The highest BCUT2D eigenvalue weighted by molar-refractivity contribution is 7.25. The van der Waals surface area contributed by atoms with E-state index in [0.717, 1.165) is 21.0 Å². The van der Waals surface area contributed by atoms with Gasteiger partial charge in [-0.15, -0.1) is 11.3 Å². The van der Waals surface area contributed by atoms with E-state index in [9.17, 15) is 9.59 Å². The second-order valence-electron chi connectivity index (χ2n) is 6.04. The molecule has 0 saturated heterocycles. The van der Waals surface area contributed by atoms with Gasteiger partial charge in [0.15, 0.2) is 0 Å². The predicted octanol–water partition coefficient (Wildman–Crippen LogP) is 3.39. The molecule has 5 aromatic rings. The van der Waals surface area contributed by atoms with Crippen LogP contribution in [0.3, 0.4) is 0 Å². The number of aromatic amines is 1. The maximum atomic E-state index is 13.1. The Bertz CT molecular complexity index is 1400. The van der Waals surface area contributed by atoms with Gasteiger partial charge in [-0.2, -0.15) is 0 Å². The topological polar surface area (TPSA) is 59.8 Å². The first-order valence-corrected chi connectivity index (χ1v) is 8.67. The number of hydrogen-bond donors (Lipinski definition) is 1. The van der Waals surface area contributed by atoms with Gasteiger partial charge in [0, 0.05) is 34.2 Å². The van der Waals surface area contributed by atoms with Crippen LogP contribution in [0, 0.1) is 0 Å². The average Bonchev–Trinajstić information content (AvgIpc) is 3.15. The highest BCUT2D eigenvalue weighted by Gasteiger charge is 2.15. The van der Waals surface area contributed by atoms with E-state index in [1.165, 1.54) is 15.9 Å². The molecular formula is C19H13N3O2S. The highest BCUT2D eigenvalue weighted by Crippen LogP contribution is 2.29. The summed E-state index contributed by atoms with van der Waals surface area (Å²) in [6.07, 6.45) is 1.96. The van der Waals surface area contributed by atoms with Crippen LogP contribution < -0.4 is 11.2 Å². The van der Waals surface area contributed by atoms with E-state index >= 15 is 0 Å². The molecule has 0 saturated carbocycles. The molecule has 5 rings (SSSR count). The van der Waals surface area contributed by atoms with Gasteiger partial charge in [-0.3, -0.25) is 9.78 Å². The first-order valence-electron chi connectivity index (χ1n) is 7.85. The molecule has 6 heteroatoms. The number of H-pyrrole nitrogens is 1. The van der Waals surface area contributed by atoms with Crippen molar-refractivity contribution in [2.24, 2.45) is 7.05 Å². The Morgan fingerprint density at radius 1 is 1.04 bits per heavy atom. The predicted molar refractivity (Wildman–Crippen MR) is 102 cm³/mol. The van der Waals surface area contributed by atoms with Crippen LogP contribution in [0.1, 0.15) is 0 Å². The number of nitrogens with one attached hydrogen (secondary N) is 1. The molecule has 0 bridgehead atoms. The van der Waals surface area contributed by atoms with Crippen LogP contribution >= 0.6 is 11.3 Å². The van der Waals surface area contributed by atoms with Gasteiger partial charge in [-0.05, 0) is 30.3 Å². The molecule has 0 spiro atoms. The van der Waals surface area contributed by atoms with Gasteiger partial charge < -0.3 is 4.57 Å². The van der Waals surface area contributed by atoms with Crippen molar-refractivity contribution in [2.45, 2.75) is 0 Å². The van der Waals surface area contributed by atoms with Crippen LogP contribution in [0.4, 0.5) is 0 Å². The Labute approximate surface area is 145 Å². The third-order valence-electron chi connectivity index (χ3n) is 4.56. The van der Waals surface area contributed by atoms with Crippen molar-refractivity contribution in [1.82, 2.24) is 14.1 Å². The second-order valence-corrected chi connectivity index (χ2v) is 7.10. The molecule has 0 amide bonds. The third-order valence-corrected chi connectivity index (χ3v) is 5.65. The van der Waals surface area contributed by atoms with Crippen LogP contribution in [0.15, 0.2) is 64.3 Å². The molecule has 0 radical (unpaired) electrons. The number of fused-ring (bicyclic) bond motifs is 4. The van der Waals surface area contributed by atoms with Crippen LogP contribution in [-0.4, -0.2) is 14.1 Å². The van der Waals surface area contributed by atoms with Crippen molar-refractivity contribution in [3.8, 4) is 5.69 Å². The average molecular weight is 347 g/mol. The lowest BCUT2D eigenvalue weighted by Gasteiger charge is -2.06. The molecule has 1 N–H and O–H groups in total. The van der Waals surface area contributed by atoms with E-state index in [2.05, 4.69) is 4.98 Å². The molecule has 5 nitrogen and oxygen atoms in total. The lowest BCUT2D eigenvalue weighted by Crippen LogP contribution is -2.33. The van der Waals surface area contributed by atoms with E-state index in [-0.39, 0.29) is 5.56 Å². The molecule has 0 aliphatic carbocycles. The lowest BCUT2D eigenvalue weighted by atomic mass is 10.2. The molecule has 122 valence electrons. The summed E-state index contributed by atoms with van der Waals surface area (Å²) < 4.78 is 4.21. The van der Waals surface area contributed by atoms with E-state index in [0.29, 0.717) is 15.9 Å². The van der Waals surface area contributed by atoms with Gasteiger partial charge in [-0.1, -0.05) is 18.2 Å². The van der Waals surface area contributed by atoms with Gasteiger partial charge in [-0.25, -0.2) is 9.36 Å². The fourth-order valence-electron chi connectivity index (χ4n) is 3.35. The minimum absolute atomic E-state index is 0.286. The molecule has 0 atom stereocenters. The van der Waals surface area contributed by atoms with E-state index < -0.39 is 5.69 Å². The Hall–Kier alpha value is -3.12. The number of rotatable bonds is 1. The van der Waals surface area contributed by atoms with Crippen molar-refractivity contribution in [3.05, 3.63) is 75.6 Å². The molecule has 0 aliphatic rings. The summed E-state index contributed by atoms with van der Waals surface area (Å²) in [7, 11) is 1.96. The number of benzene rings is 2. The maximum absolute atomic E-state index is 13.1. The molecule has 0 unspecified atom stereocenters. The van der Waals surface area contributed by atoms with Gasteiger partial charge in [0.2, 0.25) is 0 Å². The number of aromatic nitrogens is 3. The van der Waals surface area contributed by atoms with Crippen LogP contribution in [-0.2, 0) is 7.05 Å². The minimum Gasteiger partial charge on any atom is -0.351 e. The minimum atomic E-state index is -0.417. The summed E-state index contributed by atoms with van der Waals surface area (Å²) in [5.41, 5.74) is 0.920. The van der Waals surface area contributed by atoms with Gasteiger partial charge in [0.05, 0.1) is 11.1 Å². The fraction of sp³-hybridized carbons (Fsp3) is 0.0526. The summed E-state index contributed by atoms with van der Waals surface area (Å²) in [5.74, 6) is 0. The molecule has 25 heavy (non-hydrogen) atoms. The Morgan fingerprint density at radius 3 is 2.76 bits per heavy atom. The van der Waals surface area contributed by atoms with Crippen LogP contribution in [0.5, 0.6) is 0 Å². The maximum Gasteiger partial charge on any atom is 0.334 e. The van der Waals surface area contributed by atoms with Crippen molar-refractivity contribution in [1.29, 1.82) is 0 Å². The molecular weight excluding hydrogens is 334 g/mol. The molecule has 0 aliphatic heterocycles. The summed E-state index contributed by atoms with van der Waals surface area (Å²) in [6.45, 7) is 0. The first-order chi connectivity index (χ1) is 12.1. The summed E-state index contributed by atoms with van der Waals surface area (Å²) in [6, 6.07) is 15.3. The summed E-state index contributed by atoms with van der Waals surface area (Å²) in [5, 5.41) is 2.42. The monoisotopic (exact) mass is 347 g/mol. The standard InChI is InChI=1S/C19H13N3O2S/c1-21-9-8-11-10-12(6-7-14(11)21)22-18(23)16-13-4-2-3-5-15(13)25-17(16)20-19(22)24/h2-10H,1H3,(H,20,24). The van der Waals surface area contributed by atoms with Crippen molar-refractivity contribution < 1.29 is 0 Å².